The number of benzene rings is 2. The molecule has 0 aliphatic carbocycles. The van der Waals surface area contributed by atoms with E-state index < -0.39 is 0 Å². The molecule has 1 heterocycles. The number of carbonyl (C=O) groups excluding carboxylic acids is 2. The van der Waals surface area contributed by atoms with Gasteiger partial charge in [0, 0.05) is 23.7 Å². The Morgan fingerprint density at radius 1 is 1.33 bits per heavy atom. The van der Waals surface area contributed by atoms with E-state index in [1.807, 2.05) is 31.2 Å². The number of anilines is 1. The standard InChI is InChI=1S/C12H13ClN2O2.C8H7N.C4H8/c13-9-2-1-3-10(6-9)15-12(17)8-4-5-11(16)14-7-8;1-7-3-2-4-8(5-7)6-9;1-3-4-2/h1-3,6,8H,4-5,7H2,(H,14,16)(H,15,17);2-5H,1H3;3H,1,4H2,2H3. The second kappa shape index (κ2) is 14.0. The number of amides is 2. The summed E-state index contributed by atoms with van der Waals surface area (Å²) in [6.45, 7) is 7.92. The summed E-state index contributed by atoms with van der Waals surface area (Å²) in [7, 11) is 0. The molecule has 6 heteroatoms. The molecule has 2 amide bonds. The molecule has 5 nitrogen and oxygen atoms in total. The minimum Gasteiger partial charge on any atom is -0.355 e. The van der Waals surface area contributed by atoms with Crippen LogP contribution in [0.25, 0.3) is 0 Å². The Labute approximate surface area is 183 Å². The molecular formula is C24H28ClN3O2. The number of nitrogens with one attached hydrogen (secondary N) is 2. The fourth-order valence-electron chi connectivity index (χ4n) is 2.48. The van der Waals surface area contributed by atoms with Gasteiger partial charge in [0.25, 0.3) is 0 Å². The highest BCUT2D eigenvalue weighted by Crippen LogP contribution is 2.18. The third-order valence-corrected chi connectivity index (χ3v) is 4.40. The quantitative estimate of drug-likeness (QED) is 0.658. The van der Waals surface area contributed by atoms with Crippen LogP contribution in [0.4, 0.5) is 5.69 Å². The van der Waals surface area contributed by atoms with Gasteiger partial charge < -0.3 is 10.6 Å². The minimum atomic E-state index is -0.160. The van der Waals surface area contributed by atoms with Crippen molar-refractivity contribution in [3.8, 4) is 6.07 Å². The maximum atomic E-state index is 11.9. The Kier molecular flexibility index (Phi) is 11.6. The first kappa shape index (κ1) is 24.9. The highest BCUT2D eigenvalue weighted by molar-refractivity contribution is 6.30. The molecule has 1 fully saturated rings. The summed E-state index contributed by atoms with van der Waals surface area (Å²) in [5.74, 6) is -0.226. The van der Waals surface area contributed by atoms with Gasteiger partial charge in [0.15, 0.2) is 0 Å². The van der Waals surface area contributed by atoms with Crippen LogP contribution in [0.5, 0.6) is 0 Å². The Bertz CT molecular complexity index is 880. The number of allylic oxidation sites excluding steroid dienone is 1. The molecule has 1 aliphatic rings. The number of nitriles is 1. The molecule has 0 radical (unpaired) electrons. The summed E-state index contributed by atoms with van der Waals surface area (Å²) in [4.78, 5) is 22.9. The Morgan fingerprint density at radius 3 is 2.53 bits per heavy atom. The zero-order valence-electron chi connectivity index (χ0n) is 17.5. The number of carbonyl (C=O) groups is 2. The molecule has 30 heavy (non-hydrogen) atoms. The van der Waals surface area contributed by atoms with Crippen LogP contribution in [0.1, 0.15) is 37.3 Å². The van der Waals surface area contributed by atoms with Crippen molar-refractivity contribution < 1.29 is 9.59 Å². The average molecular weight is 426 g/mol. The van der Waals surface area contributed by atoms with Crippen LogP contribution >= 0.6 is 11.6 Å². The third-order valence-electron chi connectivity index (χ3n) is 4.16. The van der Waals surface area contributed by atoms with Gasteiger partial charge in [0.05, 0.1) is 17.6 Å². The van der Waals surface area contributed by atoms with Crippen molar-refractivity contribution in [1.29, 1.82) is 5.26 Å². The summed E-state index contributed by atoms with van der Waals surface area (Å²) in [6, 6.07) is 16.6. The van der Waals surface area contributed by atoms with Crippen LogP contribution in [-0.4, -0.2) is 18.4 Å². The van der Waals surface area contributed by atoms with Gasteiger partial charge in [-0.15, -0.1) is 6.58 Å². The number of halogens is 1. The van der Waals surface area contributed by atoms with E-state index in [2.05, 4.69) is 30.2 Å². The average Bonchev–Trinajstić information content (AvgIpc) is 2.75. The van der Waals surface area contributed by atoms with E-state index in [1.54, 1.807) is 30.3 Å². The Balaban J connectivity index is 0.000000289. The van der Waals surface area contributed by atoms with Gasteiger partial charge in [0.2, 0.25) is 11.8 Å². The third kappa shape index (κ3) is 9.90. The highest BCUT2D eigenvalue weighted by Gasteiger charge is 2.24. The first-order valence-corrected chi connectivity index (χ1v) is 10.2. The van der Waals surface area contributed by atoms with Crippen LogP contribution in [-0.2, 0) is 9.59 Å². The lowest BCUT2D eigenvalue weighted by Gasteiger charge is -2.21. The summed E-state index contributed by atoms with van der Waals surface area (Å²) in [5.41, 5.74) is 2.54. The molecule has 1 atom stereocenters. The molecule has 0 spiro atoms. The van der Waals surface area contributed by atoms with Crippen LogP contribution in [0.15, 0.2) is 61.2 Å². The summed E-state index contributed by atoms with van der Waals surface area (Å²) in [5, 5.41) is 14.5. The summed E-state index contributed by atoms with van der Waals surface area (Å²) in [6.07, 6.45) is 3.96. The van der Waals surface area contributed by atoms with Crippen LogP contribution < -0.4 is 10.6 Å². The Hall–Kier alpha value is -3.10. The molecule has 1 saturated heterocycles. The molecule has 2 aromatic carbocycles. The highest BCUT2D eigenvalue weighted by atomic mass is 35.5. The summed E-state index contributed by atoms with van der Waals surface area (Å²) < 4.78 is 0. The molecule has 1 unspecified atom stereocenters. The van der Waals surface area contributed by atoms with E-state index in [9.17, 15) is 9.59 Å². The first-order valence-electron chi connectivity index (χ1n) is 9.80. The monoisotopic (exact) mass is 425 g/mol. The van der Waals surface area contributed by atoms with E-state index in [-0.39, 0.29) is 17.7 Å². The predicted molar refractivity (Wildman–Crippen MR) is 122 cm³/mol. The van der Waals surface area contributed by atoms with Gasteiger partial charge in [-0.1, -0.05) is 42.8 Å². The molecular weight excluding hydrogens is 398 g/mol. The van der Waals surface area contributed by atoms with Crippen molar-refractivity contribution in [2.75, 3.05) is 11.9 Å². The lowest BCUT2D eigenvalue weighted by molar-refractivity contribution is -0.126. The van der Waals surface area contributed by atoms with Gasteiger partial charge in [-0.25, -0.2) is 0 Å². The van der Waals surface area contributed by atoms with Crippen LogP contribution in [0.2, 0.25) is 5.02 Å². The lowest BCUT2D eigenvalue weighted by Crippen LogP contribution is -2.40. The molecule has 2 N–H and O–H groups in total. The van der Waals surface area contributed by atoms with E-state index in [0.717, 1.165) is 17.5 Å². The second-order valence-corrected chi connectivity index (χ2v) is 7.15. The number of nitrogens with zero attached hydrogens (tertiary/aromatic N) is 1. The molecule has 3 rings (SSSR count). The van der Waals surface area contributed by atoms with Crippen molar-refractivity contribution in [3.05, 3.63) is 77.3 Å². The Morgan fingerprint density at radius 2 is 2.03 bits per heavy atom. The zero-order chi connectivity index (χ0) is 22.4. The molecule has 0 bridgehead atoms. The normalized spacial score (nSPS) is 14.5. The first-order chi connectivity index (χ1) is 14.4. The van der Waals surface area contributed by atoms with Gasteiger partial charge >= 0.3 is 0 Å². The van der Waals surface area contributed by atoms with Crippen LogP contribution in [0, 0.1) is 24.2 Å². The van der Waals surface area contributed by atoms with Crippen molar-refractivity contribution >= 4 is 29.1 Å². The zero-order valence-corrected chi connectivity index (χ0v) is 18.2. The van der Waals surface area contributed by atoms with E-state index in [0.29, 0.717) is 30.1 Å². The topological polar surface area (TPSA) is 82.0 Å². The maximum Gasteiger partial charge on any atom is 0.229 e. The van der Waals surface area contributed by atoms with E-state index >= 15 is 0 Å². The number of aryl methyl sites for hydroxylation is 1. The van der Waals surface area contributed by atoms with Crippen molar-refractivity contribution in [1.82, 2.24) is 5.32 Å². The molecule has 0 aromatic heterocycles. The molecule has 1 aliphatic heterocycles. The fraction of sp³-hybridized carbons (Fsp3) is 0.292. The van der Waals surface area contributed by atoms with Gasteiger partial charge in [0.1, 0.15) is 0 Å². The van der Waals surface area contributed by atoms with Crippen molar-refractivity contribution in [2.24, 2.45) is 5.92 Å². The fourth-order valence-corrected chi connectivity index (χ4v) is 2.67. The van der Waals surface area contributed by atoms with Crippen molar-refractivity contribution in [2.45, 2.75) is 33.1 Å². The van der Waals surface area contributed by atoms with Gasteiger partial charge in [-0.05, 0) is 55.7 Å². The summed E-state index contributed by atoms with van der Waals surface area (Å²) >= 11 is 5.82. The molecule has 2 aromatic rings. The van der Waals surface area contributed by atoms with Crippen molar-refractivity contribution in [3.63, 3.8) is 0 Å². The smallest absolute Gasteiger partial charge is 0.229 e. The SMILES string of the molecule is C=CCC.Cc1cccc(C#N)c1.O=C1CCC(C(=O)Nc2cccc(Cl)c2)CN1. The predicted octanol–water partition coefficient (Wildman–Crippen LogP) is 5.25. The van der Waals surface area contributed by atoms with E-state index in [1.165, 1.54) is 0 Å². The van der Waals surface area contributed by atoms with E-state index in [4.69, 9.17) is 16.9 Å². The van der Waals surface area contributed by atoms with Crippen LogP contribution in [0.3, 0.4) is 0 Å². The van der Waals surface area contributed by atoms with Gasteiger partial charge in [-0.2, -0.15) is 5.26 Å². The number of rotatable bonds is 3. The minimum absolute atomic E-state index is 0.0109. The number of piperidine rings is 1. The molecule has 0 saturated carbocycles. The molecule has 158 valence electrons. The maximum absolute atomic E-state index is 11.9. The van der Waals surface area contributed by atoms with Gasteiger partial charge in [-0.3, -0.25) is 9.59 Å². The number of hydrogen-bond donors (Lipinski definition) is 2. The number of hydrogen-bond acceptors (Lipinski definition) is 3. The largest absolute Gasteiger partial charge is 0.355 e. The second-order valence-electron chi connectivity index (χ2n) is 6.72. The lowest BCUT2D eigenvalue weighted by atomic mass is 9.98.